The summed E-state index contributed by atoms with van der Waals surface area (Å²) in [6, 6.07) is 25.4. The highest BCUT2D eigenvalue weighted by atomic mass is 127. The summed E-state index contributed by atoms with van der Waals surface area (Å²) in [6.45, 7) is 4.20. The highest BCUT2D eigenvalue weighted by molar-refractivity contribution is 14.1. The van der Waals surface area contributed by atoms with Crippen molar-refractivity contribution in [3.63, 3.8) is 0 Å². The van der Waals surface area contributed by atoms with Crippen LogP contribution in [0.15, 0.2) is 72.8 Å². The molecule has 0 bridgehead atoms. The molecule has 0 aromatic heterocycles. The van der Waals surface area contributed by atoms with Crippen molar-refractivity contribution in [2.24, 2.45) is 0 Å². The lowest BCUT2D eigenvalue weighted by atomic mass is 9.84. The van der Waals surface area contributed by atoms with Crippen molar-refractivity contribution in [1.29, 1.82) is 0 Å². The molecule has 0 aliphatic heterocycles. The Morgan fingerprint density at radius 3 is 1.65 bits per heavy atom. The van der Waals surface area contributed by atoms with E-state index < -0.39 is 21.2 Å². The van der Waals surface area contributed by atoms with Crippen LogP contribution in [0.25, 0.3) is 0 Å². The summed E-state index contributed by atoms with van der Waals surface area (Å²) in [4.78, 5) is 0. The lowest BCUT2D eigenvalue weighted by Crippen LogP contribution is -2.05. The van der Waals surface area contributed by atoms with E-state index in [1.165, 1.54) is 22.3 Å². The first-order valence-electron chi connectivity index (χ1n) is 7.68. The second-order valence-electron chi connectivity index (χ2n) is 5.85. The third-order valence-electron chi connectivity index (χ3n) is 4.12. The standard InChI is InChI=1S/C21H19IO/c1-15-7-11-17(12-8-15)21(18-13-9-16(2)10-14-18)19-5-3-4-6-20(19)22-23/h3-14,21H,1-2H3. The Morgan fingerprint density at radius 2 is 1.17 bits per heavy atom. The van der Waals surface area contributed by atoms with E-state index in [4.69, 9.17) is 0 Å². The minimum absolute atomic E-state index is 0.126. The molecule has 0 amide bonds. The summed E-state index contributed by atoms with van der Waals surface area (Å²) in [5, 5.41) is 0. The average Bonchev–Trinajstić information content (AvgIpc) is 2.59. The predicted octanol–water partition coefficient (Wildman–Crippen LogP) is 5.97. The molecule has 3 rings (SSSR count). The van der Waals surface area contributed by atoms with E-state index in [1.54, 1.807) is 0 Å². The van der Waals surface area contributed by atoms with Crippen molar-refractivity contribution in [2.75, 3.05) is 0 Å². The second kappa shape index (κ2) is 7.18. The van der Waals surface area contributed by atoms with Crippen molar-refractivity contribution in [1.82, 2.24) is 0 Å². The van der Waals surface area contributed by atoms with Gasteiger partial charge in [0.25, 0.3) is 0 Å². The summed E-state index contributed by atoms with van der Waals surface area (Å²) in [5.74, 6) is 0.126. The molecule has 3 aromatic rings. The SMILES string of the molecule is Cc1ccc(C(c2ccc(C)cc2)c2ccccc2I=O)cc1. The normalized spacial score (nSPS) is 10.9. The van der Waals surface area contributed by atoms with Crippen LogP contribution in [0.4, 0.5) is 0 Å². The van der Waals surface area contributed by atoms with Gasteiger partial charge in [0.2, 0.25) is 0 Å². The van der Waals surface area contributed by atoms with Gasteiger partial charge in [-0.1, -0.05) is 77.9 Å². The van der Waals surface area contributed by atoms with Crippen molar-refractivity contribution in [3.8, 4) is 0 Å². The Bertz CT molecular complexity index is 759. The fourth-order valence-electron chi connectivity index (χ4n) is 2.85. The largest absolute Gasteiger partial charge is 0.265 e. The maximum absolute atomic E-state index is 11.7. The van der Waals surface area contributed by atoms with Crippen molar-refractivity contribution >= 4 is 21.2 Å². The number of halogens is 1. The molecule has 0 spiro atoms. The van der Waals surface area contributed by atoms with Crippen LogP contribution in [0.5, 0.6) is 0 Å². The van der Waals surface area contributed by atoms with E-state index in [1.807, 2.05) is 18.2 Å². The topological polar surface area (TPSA) is 17.1 Å². The van der Waals surface area contributed by atoms with Crippen LogP contribution >= 0.6 is 21.2 Å². The fraction of sp³-hybridized carbons (Fsp3) is 0.143. The van der Waals surface area contributed by atoms with Gasteiger partial charge < -0.3 is 0 Å². The van der Waals surface area contributed by atoms with E-state index in [-0.39, 0.29) is 5.92 Å². The van der Waals surface area contributed by atoms with E-state index in [0.29, 0.717) is 0 Å². The third kappa shape index (κ3) is 3.58. The highest BCUT2D eigenvalue weighted by Gasteiger charge is 2.19. The van der Waals surface area contributed by atoms with Crippen molar-refractivity contribution < 1.29 is 3.07 Å². The molecule has 0 heterocycles. The van der Waals surface area contributed by atoms with Gasteiger partial charge in [-0.2, -0.15) is 0 Å². The monoisotopic (exact) mass is 414 g/mol. The second-order valence-corrected chi connectivity index (χ2v) is 7.46. The molecule has 1 nitrogen and oxygen atoms in total. The van der Waals surface area contributed by atoms with E-state index in [0.717, 1.165) is 9.13 Å². The molecule has 0 saturated carbocycles. The molecule has 0 aliphatic rings. The molecule has 3 aromatic carbocycles. The number of benzene rings is 3. The van der Waals surface area contributed by atoms with Gasteiger partial charge in [0.15, 0.2) is 21.2 Å². The smallest absolute Gasteiger partial charge is 0.182 e. The maximum atomic E-state index is 11.7. The molecule has 0 atom stereocenters. The number of rotatable bonds is 4. The Hall–Kier alpha value is -1.81. The summed E-state index contributed by atoms with van der Waals surface area (Å²) in [7, 11) is 0. The first-order chi connectivity index (χ1) is 11.2. The van der Waals surface area contributed by atoms with Gasteiger partial charge in [-0.25, -0.2) is 0 Å². The van der Waals surface area contributed by atoms with Crippen molar-refractivity contribution in [3.05, 3.63) is 104 Å². The van der Waals surface area contributed by atoms with Crippen LogP contribution in [-0.4, -0.2) is 0 Å². The molecule has 116 valence electrons. The Morgan fingerprint density at radius 1 is 0.696 bits per heavy atom. The zero-order chi connectivity index (χ0) is 16.2. The molecule has 0 radical (unpaired) electrons. The minimum atomic E-state index is -1.19. The molecular weight excluding hydrogens is 395 g/mol. The van der Waals surface area contributed by atoms with Crippen LogP contribution in [-0.2, 0) is 3.07 Å². The van der Waals surface area contributed by atoms with Crippen LogP contribution in [0.1, 0.15) is 33.7 Å². The molecule has 0 unspecified atom stereocenters. The zero-order valence-corrected chi connectivity index (χ0v) is 15.4. The minimum Gasteiger partial charge on any atom is -0.265 e. The van der Waals surface area contributed by atoms with E-state index in [9.17, 15) is 3.07 Å². The van der Waals surface area contributed by atoms with Gasteiger partial charge >= 0.3 is 0 Å². The molecular formula is C21H19IO. The quantitative estimate of drug-likeness (QED) is 0.380. The lowest BCUT2D eigenvalue weighted by Gasteiger charge is -2.20. The molecule has 0 N–H and O–H groups in total. The van der Waals surface area contributed by atoms with Gasteiger partial charge in [0.05, 0.1) is 3.57 Å². The van der Waals surface area contributed by atoms with Gasteiger partial charge in [-0.3, -0.25) is 3.07 Å². The summed E-state index contributed by atoms with van der Waals surface area (Å²) >= 11 is -1.19. The van der Waals surface area contributed by atoms with Gasteiger partial charge in [-0.15, -0.1) is 0 Å². The first-order valence-corrected chi connectivity index (χ1v) is 9.64. The zero-order valence-electron chi connectivity index (χ0n) is 13.3. The molecule has 23 heavy (non-hydrogen) atoms. The third-order valence-corrected chi connectivity index (χ3v) is 5.58. The Balaban J connectivity index is 2.19. The first kappa shape index (κ1) is 16.1. The van der Waals surface area contributed by atoms with Crippen molar-refractivity contribution in [2.45, 2.75) is 19.8 Å². The maximum Gasteiger partial charge on any atom is 0.182 e. The number of hydrogen-bond donors (Lipinski definition) is 0. The summed E-state index contributed by atoms with van der Waals surface area (Å²) in [6.07, 6.45) is 0. The number of hydrogen-bond acceptors (Lipinski definition) is 1. The Labute approximate surface area is 148 Å². The summed E-state index contributed by atoms with van der Waals surface area (Å²) in [5.41, 5.74) is 6.14. The van der Waals surface area contributed by atoms with Gasteiger partial charge in [0.1, 0.15) is 0 Å². The van der Waals surface area contributed by atoms with Gasteiger partial charge in [0, 0.05) is 5.92 Å². The van der Waals surface area contributed by atoms with Crippen LogP contribution < -0.4 is 0 Å². The molecule has 0 aliphatic carbocycles. The van der Waals surface area contributed by atoms with E-state index in [2.05, 4.69) is 68.4 Å². The molecule has 0 fully saturated rings. The number of aryl methyl sites for hydroxylation is 2. The average molecular weight is 414 g/mol. The fourth-order valence-corrected chi connectivity index (χ4v) is 3.95. The molecule has 2 heteroatoms. The summed E-state index contributed by atoms with van der Waals surface area (Å²) < 4.78 is 12.7. The molecule has 0 saturated heterocycles. The van der Waals surface area contributed by atoms with Crippen LogP contribution in [0, 0.1) is 17.4 Å². The Kier molecular flexibility index (Phi) is 5.01. The van der Waals surface area contributed by atoms with E-state index >= 15 is 0 Å². The van der Waals surface area contributed by atoms with Gasteiger partial charge in [-0.05, 0) is 36.6 Å². The lowest BCUT2D eigenvalue weighted by molar-refractivity contribution is 0.647. The van der Waals surface area contributed by atoms with Crippen LogP contribution in [0.2, 0.25) is 0 Å². The van der Waals surface area contributed by atoms with Crippen LogP contribution in [0.3, 0.4) is 0 Å². The highest BCUT2D eigenvalue weighted by Crippen LogP contribution is 2.35. The predicted molar refractivity (Wildman–Crippen MR) is 103 cm³/mol.